The van der Waals surface area contributed by atoms with Crippen molar-refractivity contribution < 1.29 is 10.2 Å². The Morgan fingerprint density at radius 2 is 1.21 bits per heavy atom. The lowest BCUT2D eigenvalue weighted by atomic mass is 9.91. The van der Waals surface area contributed by atoms with Gasteiger partial charge in [0, 0.05) is 5.56 Å². The van der Waals surface area contributed by atoms with Gasteiger partial charge in [0.1, 0.15) is 11.5 Å². The number of hydrogen-bond donors (Lipinski definition) is 2. The molecule has 0 spiro atoms. The number of benzene rings is 1. The highest BCUT2D eigenvalue weighted by Gasteiger charge is 2.17. The van der Waals surface area contributed by atoms with Crippen LogP contribution in [0.1, 0.15) is 42.0 Å². The minimum Gasteiger partial charge on any atom is -0.507 e. The largest absolute Gasteiger partial charge is 0.507 e. The van der Waals surface area contributed by atoms with Crippen molar-refractivity contribution in [3.63, 3.8) is 0 Å². The van der Waals surface area contributed by atoms with Gasteiger partial charge in [-0.1, -0.05) is 13.8 Å². The van der Waals surface area contributed by atoms with E-state index in [0.717, 1.165) is 22.3 Å². The maximum atomic E-state index is 9.94. The molecule has 0 saturated carbocycles. The van der Waals surface area contributed by atoms with E-state index < -0.39 is 0 Å². The van der Waals surface area contributed by atoms with Crippen molar-refractivity contribution in [2.45, 2.75) is 40.5 Å². The molecule has 0 saturated heterocycles. The van der Waals surface area contributed by atoms with Crippen molar-refractivity contribution in [1.82, 2.24) is 0 Å². The summed E-state index contributed by atoms with van der Waals surface area (Å²) in [5.74, 6) is 0.858. The second-order valence-corrected chi connectivity index (χ2v) is 4.14. The van der Waals surface area contributed by atoms with Crippen LogP contribution in [0.3, 0.4) is 0 Å². The average molecular weight is 194 g/mol. The Morgan fingerprint density at radius 3 is 1.64 bits per heavy atom. The molecule has 2 N–H and O–H groups in total. The smallest absolute Gasteiger partial charge is 0.122 e. The zero-order chi connectivity index (χ0) is 11.0. The predicted molar refractivity (Wildman–Crippen MR) is 58.1 cm³/mol. The molecule has 0 amide bonds. The molecule has 0 aliphatic rings. The number of rotatable bonds is 1. The third-order valence-corrected chi connectivity index (χ3v) is 2.86. The van der Waals surface area contributed by atoms with Crippen LogP contribution < -0.4 is 0 Å². The van der Waals surface area contributed by atoms with Gasteiger partial charge in [0.05, 0.1) is 0 Å². The van der Waals surface area contributed by atoms with E-state index in [1.165, 1.54) is 0 Å². The van der Waals surface area contributed by atoms with Crippen molar-refractivity contribution >= 4 is 0 Å². The van der Waals surface area contributed by atoms with Crippen LogP contribution in [0, 0.1) is 20.8 Å². The molecule has 1 aromatic rings. The molecule has 0 heterocycles. The highest BCUT2D eigenvalue weighted by Crippen LogP contribution is 2.39. The summed E-state index contributed by atoms with van der Waals surface area (Å²) in [6, 6.07) is 0. The number of hydrogen-bond acceptors (Lipinski definition) is 2. The van der Waals surface area contributed by atoms with Crippen molar-refractivity contribution in [3.8, 4) is 11.5 Å². The summed E-state index contributed by atoms with van der Waals surface area (Å²) >= 11 is 0. The minimum atomic E-state index is 0.222. The van der Waals surface area contributed by atoms with Crippen LogP contribution >= 0.6 is 0 Å². The minimum absolute atomic E-state index is 0.222. The van der Waals surface area contributed by atoms with E-state index in [1.807, 2.05) is 34.6 Å². The molecule has 2 heteroatoms. The first kappa shape index (κ1) is 10.9. The third-order valence-electron chi connectivity index (χ3n) is 2.86. The first-order chi connectivity index (χ1) is 6.37. The van der Waals surface area contributed by atoms with Crippen LogP contribution in [0.5, 0.6) is 11.5 Å². The lowest BCUT2D eigenvalue weighted by molar-refractivity contribution is 0.440. The van der Waals surface area contributed by atoms with Crippen LogP contribution in [0.4, 0.5) is 0 Å². The molecule has 1 rings (SSSR count). The fourth-order valence-corrected chi connectivity index (χ4v) is 1.85. The SMILES string of the molecule is Cc1c(C)c(O)c(C(C)C)c(C)c1O. The van der Waals surface area contributed by atoms with Crippen LogP contribution in [0.2, 0.25) is 0 Å². The highest BCUT2D eigenvalue weighted by atomic mass is 16.3. The van der Waals surface area contributed by atoms with Gasteiger partial charge in [0.25, 0.3) is 0 Å². The molecule has 0 fully saturated rings. The van der Waals surface area contributed by atoms with Crippen molar-refractivity contribution in [2.75, 3.05) is 0 Å². The highest BCUT2D eigenvalue weighted by molar-refractivity contribution is 5.57. The first-order valence-electron chi connectivity index (χ1n) is 4.89. The Morgan fingerprint density at radius 1 is 0.786 bits per heavy atom. The van der Waals surface area contributed by atoms with Gasteiger partial charge in [-0.15, -0.1) is 0 Å². The van der Waals surface area contributed by atoms with Gasteiger partial charge in [-0.2, -0.15) is 0 Å². The fraction of sp³-hybridized carbons (Fsp3) is 0.500. The van der Waals surface area contributed by atoms with E-state index in [1.54, 1.807) is 0 Å². The normalized spacial score (nSPS) is 11.0. The summed E-state index contributed by atoms with van der Waals surface area (Å²) in [5, 5.41) is 19.8. The lowest BCUT2D eigenvalue weighted by Gasteiger charge is -2.18. The number of aromatic hydroxyl groups is 2. The van der Waals surface area contributed by atoms with E-state index >= 15 is 0 Å². The van der Waals surface area contributed by atoms with Crippen molar-refractivity contribution in [3.05, 3.63) is 22.3 Å². The number of phenolic OH excluding ortho intramolecular Hbond substituents is 2. The van der Waals surface area contributed by atoms with E-state index in [4.69, 9.17) is 0 Å². The van der Waals surface area contributed by atoms with Crippen molar-refractivity contribution in [1.29, 1.82) is 0 Å². The van der Waals surface area contributed by atoms with Gasteiger partial charge in [-0.3, -0.25) is 0 Å². The molecule has 14 heavy (non-hydrogen) atoms. The molecule has 0 bridgehead atoms. The molecule has 1 aromatic carbocycles. The average Bonchev–Trinajstić information content (AvgIpc) is 2.11. The quantitative estimate of drug-likeness (QED) is 0.674. The molecular formula is C12H18O2. The van der Waals surface area contributed by atoms with Gasteiger partial charge in [0.15, 0.2) is 0 Å². The molecule has 78 valence electrons. The summed E-state index contributed by atoms with van der Waals surface area (Å²) in [6.45, 7) is 9.51. The van der Waals surface area contributed by atoms with Gasteiger partial charge >= 0.3 is 0 Å². The summed E-state index contributed by atoms with van der Waals surface area (Å²) < 4.78 is 0. The van der Waals surface area contributed by atoms with E-state index in [9.17, 15) is 10.2 Å². The predicted octanol–water partition coefficient (Wildman–Crippen LogP) is 3.15. The van der Waals surface area contributed by atoms with E-state index in [0.29, 0.717) is 11.5 Å². The maximum absolute atomic E-state index is 9.94. The van der Waals surface area contributed by atoms with Crippen LogP contribution in [-0.4, -0.2) is 10.2 Å². The Balaban J connectivity index is 3.60. The molecule has 0 aliphatic carbocycles. The Labute approximate surface area is 85.2 Å². The van der Waals surface area contributed by atoms with Gasteiger partial charge in [0.2, 0.25) is 0 Å². The van der Waals surface area contributed by atoms with Gasteiger partial charge in [-0.05, 0) is 43.4 Å². The number of phenols is 2. The van der Waals surface area contributed by atoms with Crippen LogP contribution in [0.15, 0.2) is 0 Å². The summed E-state index contributed by atoms with van der Waals surface area (Å²) in [7, 11) is 0. The monoisotopic (exact) mass is 194 g/mol. The molecular weight excluding hydrogens is 176 g/mol. The van der Waals surface area contributed by atoms with E-state index in [2.05, 4.69) is 0 Å². The molecule has 0 aromatic heterocycles. The summed E-state index contributed by atoms with van der Waals surface area (Å²) in [4.78, 5) is 0. The topological polar surface area (TPSA) is 40.5 Å². The summed E-state index contributed by atoms with van der Waals surface area (Å²) in [5.41, 5.74) is 3.19. The zero-order valence-corrected chi connectivity index (χ0v) is 9.47. The zero-order valence-electron chi connectivity index (χ0n) is 9.47. The second-order valence-electron chi connectivity index (χ2n) is 4.14. The van der Waals surface area contributed by atoms with Crippen molar-refractivity contribution in [2.24, 2.45) is 0 Å². The molecule has 0 aliphatic heterocycles. The molecule has 0 radical (unpaired) electrons. The third kappa shape index (κ3) is 1.45. The van der Waals surface area contributed by atoms with Crippen LogP contribution in [0.25, 0.3) is 0 Å². The Bertz CT molecular complexity index is 336. The molecule has 0 atom stereocenters. The summed E-state index contributed by atoms with van der Waals surface area (Å²) in [6.07, 6.45) is 0. The Kier molecular flexibility index (Phi) is 2.74. The van der Waals surface area contributed by atoms with Gasteiger partial charge in [-0.25, -0.2) is 0 Å². The van der Waals surface area contributed by atoms with Crippen LogP contribution in [-0.2, 0) is 0 Å². The molecule has 0 unspecified atom stereocenters. The maximum Gasteiger partial charge on any atom is 0.122 e. The Hall–Kier alpha value is -1.18. The lowest BCUT2D eigenvalue weighted by Crippen LogP contribution is -1.98. The fourth-order valence-electron chi connectivity index (χ4n) is 1.85. The standard InChI is InChI=1S/C12H18O2/c1-6(2)10-9(5)11(13)7(3)8(4)12(10)14/h6,13-14H,1-5H3. The first-order valence-corrected chi connectivity index (χ1v) is 4.89. The molecule has 2 nitrogen and oxygen atoms in total. The van der Waals surface area contributed by atoms with Gasteiger partial charge < -0.3 is 10.2 Å². The second kappa shape index (κ2) is 3.52. The van der Waals surface area contributed by atoms with E-state index in [-0.39, 0.29) is 5.92 Å².